The highest BCUT2D eigenvalue weighted by Gasteiger charge is 1.97. The van der Waals surface area contributed by atoms with E-state index in [2.05, 4.69) is 4.99 Å². The summed E-state index contributed by atoms with van der Waals surface area (Å²) in [4.78, 5) is 4.02. The summed E-state index contributed by atoms with van der Waals surface area (Å²) in [5, 5.41) is 2.01. The van der Waals surface area contributed by atoms with Crippen molar-refractivity contribution < 1.29 is 0 Å². The predicted octanol–water partition coefficient (Wildman–Crippen LogP) is 0.952. The van der Waals surface area contributed by atoms with Gasteiger partial charge in [0.2, 0.25) is 0 Å². The molecule has 2 nitrogen and oxygen atoms in total. The van der Waals surface area contributed by atoms with Crippen LogP contribution in [0.3, 0.4) is 0 Å². The van der Waals surface area contributed by atoms with Gasteiger partial charge in [-0.15, -0.1) is 11.8 Å². The second-order valence-electron chi connectivity index (χ2n) is 1.67. The molecule has 8 heavy (non-hydrogen) atoms. The van der Waals surface area contributed by atoms with Gasteiger partial charge in [-0.05, 0) is 12.3 Å². The molecule has 0 aromatic rings. The average Bonchev–Trinajstić information content (AvgIpc) is 1.64. The van der Waals surface area contributed by atoms with Crippen molar-refractivity contribution in [3.63, 3.8) is 0 Å². The lowest BCUT2D eigenvalue weighted by Gasteiger charge is -2.03. The number of thioether (sulfide) groups is 1. The van der Waals surface area contributed by atoms with Crippen LogP contribution in [0.15, 0.2) is 16.1 Å². The van der Waals surface area contributed by atoms with Gasteiger partial charge in [-0.3, -0.25) is 0 Å². The van der Waals surface area contributed by atoms with Crippen LogP contribution < -0.4 is 5.73 Å². The second-order valence-corrected chi connectivity index (χ2v) is 2.53. The lowest BCUT2D eigenvalue weighted by Crippen LogP contribution is -2.15. The monoisotopic (exact) mass is 128 g/mol. The van der Waals surface area contributed by atoms with Crippen molar-refractivity contribution in [3.8, 4) is 0 Å². The fourth-order valence-electron chi connectivity index (χ4n) is 0.533. The maximum Gasteiger partial charge on any atom is 0.110 e. The Kier molecular flexibility index (Phi) is 1.58. The number of hydrogen-bond donors (Lipinski definition) is 1. The van der Waals surface area contributed by atoms with Gasteiger partial charge in [0.1, 0.15) is 5.84 Å². The minimum atomic E-state index is 0.731. The third-order valence-corrected chi connectivity index (χ3v) is 1.78. The van der Waals surface area contributed by atoms with E-state index >= 15 is 0 Å². The SMILES string of the molecule is CC1=CSCC(N)=N1. The predicted molar refractivity (Wildman–Crippen MR) is 37.8 cm³/mol. The minimum Gasteiger partial charge on any atom is -0.386 e. The second kappa shape index (κ2) is 2.22. The first-order valence-electron chi connectivity index (χ1n) is 2.40. The van der Waals surface area contributed by atoms with Crippen molar-refractivity contribution in [1.82, 2.24) is 0 Å². The van der Waals surface area contributed by atoms with Gasteiger partial charge in [0, 0.05) is 5.70 Å². The molecule has 0 aliphatic carbocycles. The Balaban J connectivity index is 2.69. The molecule has 0 fully saturated rings. The highest BCUT2D eigenvalue weighted by atomic mass is 32.2. The molecule has 0 amide bonds. The maximum atomic E-state index is 5.41. The van der Waals surface area contributed by atoms with Gasteiger partial charge in [0.25, 0.3) is 0 Å². The van der Waals surface area contributed by atoms with Crippen molar-refractivity contribution in [2.75, 3.05) is 5.75 Å². The molecule has 0 atom stereocenters. The van der Waals surface area contributed by atoms with Crippen LogP contribution in [-0.4, -0.2) is 11.6 Å². The van der Waals surface area contributed by atoms with Gasteiger partial charge < -0.3 is 5.73 Å². The molecule has 1 heterocycles. The molecule has 0 aromatic carbocycles. The summed E-state index contributed by atoms with van der Waals surface area (Å²) in [6.07, 6.45) is 0. The molecule has 0 spiro atoms. The van der Waals surface area contributed by atoms with E-state index in [0.717, 1.165) is 17.3 Å². The Labute approximate surface area is 52.9 Å². The Bertz CT molecular complexity index is 149. The van der Waals surface area contributed by atoms with E-state index in [-0.39, 0.29) is 0 Å². The lowest BCUT2D eigenvalue weighted by atomic mass is 10.5. The summed E-state index contributed by atoms with van der Waals surface area (Å²) in [5.41, 5.74) is 6.43. The van der Waals surface area contributed by atoms with Gasteiger partial charge in [-0.1, -0.05) is 0 Å². The van der Waals surface area contributed by atoms with Crippen molar-refractivity contribution >= 4 is 17.6 Å². The van der Waals surface area contributed by atoms with E-state index in [9.17, 15) is 0 Å². The molecule has 0 saturated heterocycles. The molecule has 0 saturated carbocycles. The molecular weight excluding hydrogens is 120 g/mol. The zero-order valence-corrected chi connectivity index (χ0v) is 5.53. The first kappa shape index (κ1) is 5.69. The van der Waals surface area contributed by atoms with Crippen molar-refractivity contribution in [2.24, 2.45) is 10.7 Å². The molecule has 1 aliphatic rings. The van der Waals surface area contributed by atoms with Crippen LogP contribution in [0.5, 0.6) is 0 Å². The zero-order valence-electron chi connectivity index (χ0n) is 4.72. The van der Waals surface area contributed by atoms with E-state index < -0.39 is 0 Å². The lowest BCUT2D eigenvalue weighted by molar-refractivity contribution is 1.29. The van der Waals surface area contributed by atoms with Crippen LogP contribution in [0.25, 0.3) is 0 Å². The quantitative estimate of drug-likeness (QED) is 0.527. The Morgan fingerprint density at radius 2 is 2.62 bits per heavy atom. The highest BCUT2D eigenvalue weighted by Crippen LogP contribution is 2.12. The summed E-state index contributed by atoms with van der Waals surface area (Å²) >= 11 is 1.69. The van der Waals surface area contributed by atoms with E-state index in [4.69, 9.17) is 5.73 Å². The fraction of sp³-hybridized carbons (Fsp3) is 0.400. The van der Waals surface area contributed by atoms with Gasteiger partial charge in [0.15, 0.2) is 0 Å². The summed E-state index contributed by atoms with van der Waals surface area (Å²) in [7, 11) is 0. The van der Waals surface area contributed by atoms with Crippen LogP contribution in [-0.2, 0) is 0 Å². The van der Waals surface area contributed by atoms with E-state index in [1.807, 2.05) is 12.3 Å². The van der Waals surface area contributed by atoms with Gasteiger partial charge in [-0.25, -0.2) is 4.99 Å². The first-order valence-corrected chi connectivity index (χ1v) is 3.45. The highest BCUT2D eigenvalue weighted by molar-refractivity contribution is 8.02. The molecule has 44 valence electrons. The molecule has 1 rings (SSSR count). The number of hydrogen-bond acceptors (Lipinski definition) is 3. The maximum absolute atomic E-state index is 5.41. The summed E-state index contributed by atoms with van der Waals surface area (Å²) in [6.45, 7) is 1.94. The number of rotatable bonds is 0. The van der Waals surface area contributed by atoms with Crippen LogP contribution in [0.1, 0.15) is 6.92 Å². The minimum absolute atomic E-state index is 0.731. The number of aliphatic imine (C=N–C) groups is 1. The topological polar surface area (TPSA) is 38.4 Å². The average molecular weight is 128 g/mol. The molecule has 1 aliphatic heterocycles. The number of nitrogens with two attached hydrogens (primary N) is 1. The molecule has 3 heteroatoms. The molecule has 0 radical (unpaired) electrons. The molecule has 0 unspecified atom stereocenters. The van der Waals surface area contributed by atoms with Crippen LogP contribution in [0.4, 0.5) is 0 Å². The molecular formula is C5H8N2S. The summed E-state index contributed by atoms with van der Waals surface area (Å²) in [5.74, 6) is 1.58. The molecule has 0 aromatic heterocycles. The standard InChI is InChI=1S/C5H8N2S/c1-4-2-8-3-5(6)7-4/h2H,3H2,1H3,(H2,6,7). The van der Waals surface area contributed by atoms with Crippen molar-refractivity contribution in [3.05, 3.63) is 11.1 Å². The third-order valence-electron chi connectivity index (χ3n) is 0.805. The Morgan fingerprint density at radius 3 is 3.00 bits per heavy atom. The number of allylic oxidation sites excluding steroid dienone is 1. The third kappa shape index (κ3) is 1.26. The Morgan fingerprint density at radius 1 is 1.88 bits per heavy atom. The summed E-state index contributed by atoms with van der Waals surface area (Å²) in [6, 6.07) is 0. The first-order chi connectivity index (χ1) is 3.79. The normalized spacial score (nSPS) is 19.6. The van der Waals surface area contributed by atoms with Crippen molar-refractivity contribution in [1.29, 1.82) is 0 Å². The van der Waals surface area contributed by atoms with E-state index in [1.54, 1.807) is 11.8 Å². The summed E-state index contributed by atoms with van der Waals surface area (Å²) < 4.78 is 0. The fourth-order valence-corrected chi connectivity index (χ4v) is 1.15. The van der Waals surface area contributed by atoms with E-state index in [0.29, 0.717) is 0 Å². The molecule has 2 N–H and O–H groups in total. The van der Waals surface area contributed by atoms with Crippen LogP contribution >= 0.6 is 11.8 Å². The van der Waals surface area contributed by atoms with Crippen LogP contribution in [0.2, 0.25) is 0 Å². The molecule has 0 bridgehead atoms. The number of nitrogens with zero attached hydrogens (tertiary/aromatic N) is 1. The van der Waals surface area contributed by atoms with Crippen LogP contribution in [0, 0.1) is 0 Å². The largest absolute Gasteiger partial charge is 0.386 e. The Hall–Kier alpha value is -0.440. The van der Waals surface area contributed by atoms with Gasteiger partial charge in [-0.2, -0.15) is 0 Å². The van der Waals surface area contributed by atoms with E-state index in [1.165, 1.54) is 0 Å². The van der Waals surface area contributed by atoms with Gasteiger partial charge in [0.05, 0.1) is 5.75 Å². The number of amidine groups is 1. The zero-order chi connectivity index (χ0) is 5.98. The van der Waals surface area contributed by atoms with Gasteiger partial charge >= 0.3 is 0 Å². The van der Waals surface area contributed by atoms with Crippen molar-refractivity contribution in [2.45, 2.75) is 6.92 Å². The smallest absolute Gasteiger partial charge is 0.110 e.